The van der Waals surface area contributed by atoms with E-state index >= 15 is 0 Å². The second kappa shape index (κ2) is 10.8. The van der Waals surface area contributed by atoms with Gasteiger partial charge in [-0.15, -0.1) is 0 Å². The Morgan fingerprint density at radius 2 is 1.39 bits per heavy atom. The van der Waals surface area contributed by atoms with Gasteiger partial charge in [-0.3, -0.25) is 4.90 Å². The number of methoxy groups -OCH3 is 2. The summed E-state index contributed by atoms with van der Waals surface area (Å²) in [6.45, 7) is 6.13. The predicted octanol–water partition coefficient (Wildman–Crippen LogP) is 6.32. The van der Waals surface area contributed by atoms with Crippen molar-refractivity contribution in [1.82, 2.24) is 18.9 Å². The molecule has 0 radical (unpaired) electrons. The van der Waals surface area contributed by atoms with Crippen LogP contribution in [0.3, 0.4) is 0 Å². The standard InChI is InChI=1S/C42H46N4O5/c1-5-41-18-15-29(44-20-17-27-25-12-8-9-13-30(25)45(34(27)36(41)44)32(21-41)39(48)50-3)28-23-43-19-16-26-24-11-7-10-14-31(24)46-33(40(49)51-4)22-42(6-2,38(28)47)37(43)35(26)46/h7-15,18,23,29,32-33,36-38,47H,5-6,16-17,19-22H2,1-4H3/t29-,32?,33?,36-,37-,38-,41+,42+/m1/s1. The van der Waals surface area contributed by atoms with Crippen molar-refractivity contribution in [3.8, 4) is 0 Å². The van der Waals surface area contributed by atoms with E-state index in [2.05, 4.69) is 93.6 Å². The summed E-state index contributed by atoms with van der Waals surface area (Å²) in [5, 5.41) is 15.4. The van der Waals surface area contributed by atoms with Gasteiger partial charge in [-0.05, 0) is 67.4 Å². The molecule has 6 aliphatic rings. The third kappa shape index (κ3) is 3.78. The average Bonchev–Trinajstić information content (AvgIpc) is 3.70. The van der Waals surface area contributed by atoms with Crippen molar-refractivity contribution in [3.63, 3.8) is 0 Å². The van der Waals surface area contributed by atoms with Crippen molar-refractivity contribution >= 4 is 33.7 Å². The molecular weight excluding hydrogens is 640 g/mol. The van der Waals surface area contributed by atoms with Gasteiger partial charge in [0.2, 0.25) is 0 Å². The van der Waals surface area contributed by atoms with Crippen LogP contribution in [0.4, 0.5) is 0 Å². The zero-order chi connectivity index (χ0) is 35.0. The zero-order valence-electron chi connectivity index (χ0n) is 29.8. The molecule has 0 aliphatic carbocycles. The van der Waals surface area contributed by atoms with Crippen molar-refractivity contribution in [2.24, 2.45) is 10.8 Å². The highest BCUT2D eigenvalue weighted by Gasteiger charge is 2.61. The van der Waals surface area contributed by atoms with E-state index in [1.54, 1.807) is 0 Å². The Kier molecular flexibility index (Phi) is 6.67. The molecule has 8 atom stereocenters. The lowest BCUT2D eigenvalue weighted by Gasteiger charge is -2.61. The first kappa shape index (κ1) is 31.4. The fourth-order valence-electron chi connectivity index (χ4n) is 11.9. The number of carbonyl (C=O) groups is 2. The first-order chi connectivity index (χ1) is 24.8. The van der Waals surface area contributed by atoms with Crippen molar-refractivity contribution in [3.05, 3.63) is 95.0 Å². The summed E-state index contributed by atoms with van der Waals surface area (Å²) >= 11 is 0. The number of ether oxygens (including phenoxy) is 2. The molecular formula is C42H46N4O5. The number of para-hydroxylation sites is 2. The largest absolute Gasteiger partial charge is 0.467 e. The van der Waals surface area contributed by atoms with Crippen LogP contribution in [-0.2, 0) is 31.9 Å². The number of aliphatic hydroxyl groups excluding tert-OH is 1. The molecule has 10 rings (SSSR count). The molecule has 8 heterocycles. The molecule has 0 amide bonds. The molecule has 2 aromatic heterocycles. The van der Waals surface area contributed by atoms with E-state index in [0.717, 1.165) is 61.1 Å². The molecule has 0 spiro atoms. The third-order valence-corrected chi connectivity index (χ3v) is 14.1. The van der Waals surface area contributed by atoms with Gasteiger partial charge in [0.15, 0.2) is 0 Å². The molecule has 9 nitrogen and oxygen atoms in total. The van der Waals surface area contributed by atoms with Gasteiger partial charge in [0, 0.05) is 63.3 Å². The molecule has 9 heteroatoms. The Bertz CT molecular complexity index is 2210. The third-order valence-electron chi connectivity index (χ3n) is 14.1. The second-order valence-corrected chi connectivity index (χ2v) is 15.8. The Labute approximate surface area is 298 Å². The Morgan fingerprint density at radius 1 is 0.804 bits per heavy atom. The topological polar surface area (TPSA) is 89.2 Å². The number of aliphatic hydroxyl groups is 1. The molecule has 0 saturated heterocycles. The monoisotopic (exact) mass is 686 g/mol. The summed E-state index contributed by atoms with van der Waals surface area (Å²) in [7, 11) is 2.98. The summed E-state index contributed by atoms with van der Waals surface area (Å²) in [6.07, 6.45) is 10.7. The highest BCUT2D eigenvalue weighted by Crippen LogP contribution is 2.63. The van der Waals surface area contributed by atoms with E-state index in [4.69, 9.17) is 9.47 Å². The second-order valence-electron chi connectivity index (χ2n) is 15.8. The molecule has 2 unspecified atom stereocenters. The van der Waals surface area contributed by atoms with E-state index < -0.39 is 23.6 Å². The van der Waals surface area contributed by atoms with Gasteiger partial charge in [0.1, 0.15) is 12.1 Å². The number of hydrogen-bond donors (Lipinski definition) is 1. The summed E-state index contributed by atoms with van der Waals surface area (Å²) < 4.78 is 15.5. The van der Waals surface area contributed by atoms with Crippen molar-refractivity contribution in [2.75, 3.05) is 27.3 Å². The maximum atomic E-state index is 13.7. The maximum Gasteiger partial charge on any atom is 0.328 e. The highest BCUT2D eigenvalue weighted by atomic mass is 16.5. The van der Waals surface area contributed by atoms with Gasteiger partial charge in [-0.1, -0.05) is 62.4 Å². The molecule has 264 valence electrons. The summed E-state index contributed by atoms with van der Waals surface area (Å²) in [4.78, 5) is 32.4. The number of hydrogen-bond acceptors (Lipinski definition) is 7. The van der Waals surface area contributed by atoms with Gasteiger partial charge in [0.25, 0.3) is 0 Å². The lowest BCUT2D eigenvalue weighted by atomic mass is 9.59. The molecule has 1 N–H and O–H groups in total. The van der Waals surface area contributed by atoms with Gasteiger partial charge < -0.3 is 28.6 Å². The van der Waals surface area contributed by atoms with E-state index in [1.165, 1.54) is 41.8 Å². The highest BCUT2D eigenvalue weighted by molar-refractivity contribution is 5.90. The lowest BCUT2D eigenvalue weighted by molar-refractivity contribution is -0.150. The fourth-order valence-corrected chi connectivity index (χ4v) is 11.9. The first-order valence-corrected chi connectivity index (χ1v) is 18.8. The molecule has 0 saturated carbocycles. The normalized spacial score (nSPS) is 33.1. The average molecular weight is 687 g/mol. The number of rotatable bonds is 5. The number of nitrogens with zero attached hydrogens (tertiary/aromatic N) is 4. The van der Waals surface area contributed by atoms with Crippen LogP contribution in [0.2, 0.25) is 0 Å². The molecule has 0 fully saturated rings. The van der Waals surface area contributed by atoms with Crippen LogP contribution < -0.4 is 0 Å². The van der Waals surface area contributed by atoms with Crippen molar-refractivity contribution in [2.45, 2.75) is 88.7 Å². The van der Waals surface area contributed by atoms with Crippen LogP contribution in [0.25, 0.3) is 21.8 Å². The van der Waals surface area contributed by atoms with Crippen LogP contribution >= 0.6 is 0 Å². The predicted molar refractivity (Wildman–Crippen MR) is 194 cm³/mol. The minimum Gasteiger partial charge on any atom is -0.467 e. The SMILES string of the molecule is CC[C@]12C=C[C@H](C3=CN4CCc5c6n(c7ccccc57)C(C(=O)OC)C[C@](CC)([C@@H]3O)[C@@H]64)N3CCc4c(n(c5ccccc45)C(C(=O)OC)C1)[C@@H]32. The smallest absolute Gasteiger partial charge is 0.328 e. The van der Waals surface area contributed by atoms with E-state index in [1.807, 2.05) is 6.07 Å². The van der Waals surface area contributed by atoms with Crippen LogP contribution in [0, 0.1) is 10.8 Å². The maximum absolute atomic E-state index is 13.7. The minimum atomic E-state index is -0.768. The van der Waals surface area contributed by atoms with E-state index in [0.29, 0.717) is 12.8 Å². The van der Waals surface area contributed by atoms with Crippen LogP contribution in [0.15, 0.2) is 72.5 Å². The lowest BCUT2D eigenvalue weighted by Crippen LogP contribution is -2.61. The molecule has 4 aromatic rings. The summed E-state index contributed by atoms with van der Waals surface area (Å²) in [5.74, 6) is -0.451. The molecule has 51 heavy (non-hydrogen) atoms. The van der Waals surface area contributed by atoms with Crippen molar-refractivity contribution < 1.29 is 24.2 Å². The molecule has 6 aliphatic heterocycles. The number of benzene rings is 2. The number of aromatic nitrogens is 2. The Morgan fingerprint density at radius 3 is 2.00 bits per heavy atom. The first-order valence-electron chi connectivity index (χ1n) is 18.8. The number of fused-ring (bicyclic) bond motifs is 6. The van der Waals surface area contributed by atoms with Crippen LogP contribution in [0.5, 0.6) is 0 Å². The van der Waals surface area contributed by atoms with Gasteiger partial charge >= 0.3 is 11.9 Å². The summed E-state index contributed by atoms with van der Waals surface area (Å²) in [5.41, 5.74) is 7.34. The van der Waals surface area contributed by atoms with Gasteiger partial charge in [-0.2, -0.15) is 0 Å². The Balaban J connectivity index is 1.15. The van der Waals surface area contributed by atoms with E-state index in [-0.39, 0.29) is 35.5 Å². The molecule has 0 bridgehead atoms. The fraction of sp³-hybridized carbons (Fsp3) is 0.476. The van der Waals surface area contributed by atoms with Gasteiger partial charge in [0.05, 0.1) is 38.4 Å². The van der Waals surface area contributed by atoms with Crippen LogP contribution in [0.1, 0.15) is 86.2 Å². The Hall–Kier alpha value is -4.34. The van der Waals surface area contributed by atoms with E-state index in [9.17, 15) is 14.7 Å². The number of carbonyl (C=O) groups excluding carboxylic acids is 2. The van der Waals surface area contributed by atoms with Crippen LogP contribution in [-0.4, -0.2) is 75.4 Å². The van der Waals surface area contributed by atoms with Gasteiger partial charge in [-0.25, -0.2) is 9.59 Å². The quantitative estimate of drug-likeness (QED) is 0.194. The van der Waals surface area contributed by atoms with Crippen molar-refractivity contribution in [1.29, 1.82) is 0 Å². The summed E-state index contributed by atoms with van der Waals surface area (Å²) in [6, 6.07) is 15.9. The zero-order valence-corrected chi connectivity index (χ0v) is 29.8. The number of esters is 2. The molecule has 2 aromatic carbocycles. The minimum absolute atomic E-state index is 0.0441.